The maximum absolute atomic E-state index is 4.31. The third-order valence-corrected chi connectivity index (χ3v) is 4.05. The van der Waals surface area contributed by atoms with Crippen LogP contribution in [0.4, 0.5) is 0 Å². The van der Waals surface area contributed by atoms with Gasteiger partial charge in [0.15, 0.2) is 0 Å². The van der Waals surface area contributed by atoms with Crippen molar-refractivity contribution in [3.63, 3.8) is 0 Å². The number of allylic oxidation sites excluding steroid dienone is 1. The lowest BCUT2D eigenvalue weighted by Crippen LogP contribution is -2.44. The van der Waals surface area contributed by atoms with E-state index >= 15 is 0 Å². The molecule has 0 aromatic rings. The van der Waals surface area contributed by atoms with Crippen LogP contribution >= 0.6 is 0 Å². The number of hydrogen-bond acceptors (Lipinski definition) is 1. The van der Waals surface area contributed by atoms with Crippen LogP contribution in [0.2, 0.25) is 0 Å². The first-order valence-corrected chi connectivity index (χ1v) is 8.27. The number of hydrogen-bond donors (Lipinski definition) is 1. The van der Waals surface area contributed by atoms with Gasteiger partial charge in [0.1, 0.15) is 0 Å². The van der Waals surface area contributed by atoms with Crippen molar-refractivity contribution in [2.75, 3.05) is 0 Å². The van der Waals surface area contributed by atoms with Crippen LogP contribution in [0.5, 0.6) is 0 Å². The van der Waals surface area contributed by atoms with Gasteiger partial charge in [0, 0.05) is 11.6 Å². The quantitative estimate of drug-likeness (QED) is 0.582. The van der Waals surface area contributed by atoms with E-state index in [1.807, 2.05) is 0 Å². The van der Waals surface area contributed by atoms with Crippen LogP contribution < -0.4 is 5.32 Å². The zero-order chi connectivity index (χ0) is 17.1. The molecule has 1 nitrogen and oxygen atoms in total. The molecule has 1 N–H and O–H groups in total. The second kappa shape index (κ2) is 7.13. The number of nitrogens with one attached hydrogen (secondary N) is 1. The predicted octanol–water partition coefficient (Wildman–Crippen LogP) is 6.12. The summed E-state index contributed by atoms with van der Waals surface area (Å²) < 4.78 is 0. The van der Waals surface area contributed by atoms with E-state index in [4.69, 9.17) is 0 Å². The van der Waals surface area contributed by atoms with E-state index in [9.17, 15) is 0 Å². The van der Waals surface area contributed by atoms with Gasteiger partial charge in [-0.25, -0.2) is 0 Å². The van der Waals surface area contributed by atoms with Gasteiger partial charge in [0.05, 0.1) is 0 Å². The lowest BCUT2D eigenvalue weighted by molar-refractivity contribution is 0.324. The molecule has 1 atom stereocenters. The van der Waals surface area contributed by atoms with E-state index in [1.54, 1.807) is 0 Å². The monoisotopic (exact) mass is 293 g/mol. The molecule has 0 heterocycles. The Morgan fingerprint density at radius 2 is 1.24 bits per heavy atom. The molecule has 0 rings (SSSR count). The van der Waals surface area contributed by atoms with E-state index in [0.717, 1.165) is 19.3 Å². The van der Waals surface area contributed by atoms with Crippen molar-refractivity contribution >= 4 is 0 Å². The van der Waals surface area contributed by atoms with Crippen molar-refractivity contribution in [3.8, 4) is 0 Å². The molecule has 0 saturated heterocycles. The number of rotatable bonds is 6. The van der Waals surface area contributed by atoms with Gasteiger partial charge in [-0.2, -0.15) is 0 Å². The van der Waals surface area contributed by atoms with E-state index in [0.29, 0.717) is 6.04 Å². The van der Waals surface area contributed by atoms with Crippen LogP contribution in [-0.2, 0) is 0 Å². The summed E-state index contributed by atoms with van der Waals surface area (Å²) >= 11 is 0. The summed E-state index contributed by atoms with van der Waals surface area (Å²) in [5.74, 6) is 0. The van der Waals surface area contributed by atoms with Crippen LogP contribution in [0.15, 0.2) is 24.3 Å². The largest absolute Gasteiger partial charge is 0.309 e. The molecule has 0 saturated carbocycles. The van der Waals surface area contributed by atoms with Crippen molar-refractivity contribution in [2.24, 2.45) is 10.8 Å². The van der Waals surface area contributed by atoms with Crippen LogP contribution in [0, 0.1) is 10.8 Å². The summed E-state index contributed by atoms with van der Waals surface area (Å²) in [7, 11) is 0. The SMILES string of the molecule is C=C(CCC(CC(=C)C(C)(C)C)NC(C)(C)C)C(C)(C)C. The van der Waals surface area contributed by atoms with Crippen molar-refractivity contribution in [2.45, 2.75) is 93.2 Å². The molecule has 0 aliphatic heterocycles. The average Bonchev–Trinajstić information content (AvgIpc) is 2.20. The molecule has 0 aliphatic carbocycles. The summed E-state index contributed by atoms with van der Waals surface area (Å²) in [4.78, 5) is 0. The molecule has 21 heavy (non-hydrogen) atoms. The Labute approximate surface area is 134 Å². The zero-order valence-corrected chi connectivity index (χ0v) is 16.1. The minimum Gasteiger partial charge on any atom is -0.309 e. The van der Waals surface area contributed by atoms with E-state index in [2.05, 4.69) is 80.8 Å². The van der Waals surface area contributed by atoms with Gasteiger partial charge >= 0.3 is 0 Å². The molecule has 0 aromatic carbocycles. The first-order chi connectivity index (χ1) is 9.13. The Bertz CT molecular complexity index is 355. The molecule has 0 fully saturated rings. The smallest absolute Gasteiger partial charge is 0.0112 e. The third-order valence-electron chi connectivity index (χ3n) is 4.05. The van der Waals surface area contributed by atoms with Gasteiger partial charge in [-0.05, 0) is 50.9 Å². The highest BCUT2D eigenvalue weighted by molar-refractivity contribution is 5.10. The molecule has 0 spiro atoms. The van der Waals surface area contributed by atoms with Crippen molar-refractivity contribution in [3.05, 3.63) is 24.3 Å². The lowest BCUT2D eigenvalue weighted by Gasteiger charge is -2.33. The highest BCUT2D eigenvalue weighted by Crippen LogP contribution is 2.31. The standard InChI is InChI=1S/C20H39N/c1-15(18(3,4)5)12-13-17(21-20(9,10)11)14-16(2)19(6,7)8/h17,21H,1-2,12-14H2,3-11H3. The van der Waals surface area contributed by atoms with Crippen LogP contribution in [0.25, 0.3) is 0 Å². The normalized spacial score (nSPS) is 14.9. The van der Waals surface area contributed by atoms with E-state index < -0.39 is 0 Å². The Kier molecular flexibility index (Phi) is 6.94. The Morgan fingerprint density at radius 3 is 1.57 bits per heavy atom. The Morgan fingerprint density at radius 1 is 0.810 bits per heavy atom. The third kappa shape index (κ3) is 9.14. The van der Waals surface area contributed by atoms with Gasteiger partial charge in [0.25, 0.3) is 0 Å². The molecule has 0 aliphatic rings. The molecule has 0 amide bonds. The van der Waals surface area contributed by atoms with E-state index in [-0.39, 0.29) is 16.4 Å². The average molecular weight is 294 g/mol. The van der Waals surface area contributed by atoms with Gasteiger partial charge < -0.3 is 5.32 Å². The van der Waals surface area contributed by atoms with Crippen molar-refractivity contribution in [1.82, 2.24) is 5.32 Å². The van der Waals surface area contributed by atoms with Gasteiger partial charge in [0.2, 0.25) is 0 Å². The first kappa shape index (κ1) is 20.4. The molecule has 0 aromatic heterocycles. The molecule has 1 heteroatoms. The van der Waals surface area contributed by atoms with Gasteiger partial charge in [-0.15, -0.1) is 0 Å². The fraction of sp³-hybridized carbons (Fsp3) is 0.800. The van der Waals surface area contributed by atoms with Gasteiger partial charge in [-0.3, -0.25) is 0 Å². The molecule has 124 valence electrons. The Hall–Kier alpha value is -0.560. The fourth-order valence-corrected chi connectivity index (χ4v) is 2.16. The zero-order valence-electron chi connectivity index (χ0n) is 16.1. The topological polar surface area (TPSA) is 12.0 Å². The molecule has 0 bridgehead atoms. The second-order valence-corrected chi connectivity index (χ2v) is 9.54. The lowest BCUT2D eigenvalue weighted by atomic mass is 9.80. The molecular weight excluding hydrogens is 254 g/mol. The fourth-order valence-electron chi connectivity index (χ4n) is 2.16. The summed E-state index contributed by atoms with van der Waals surface area (Å²) in [5.41, 5.74) is 3.17. The van der Waals surface area contributed by atoms with Crippen LogP contribution in [0.3, 0.4) is 0 Å². The summed E-state index contributed by atoms with van der Waals surface area (Å²) in [6.45, 7) is 28.8. The molecule has 1 unspecified atom stereocenters. The van der Waals surface area contributed by atoms with Crippen molar-refractivity contribution in [1.29, 1.82) is 0 Å². The van der Waals surface area contributed by atoms with Crippen LogP contribution in [0.1, 0.15) is 81.6 Å². The minimum absolute atomic E-state index is 0.131. The minimum atomic E-state index is 0.131. The maximum Gasteiger partial charge on any atom is 0.0112 e. The van der Waals surface area contributed by atoms with Crippen LogP contribution in [-0.4, -0.2) is 11.6 Å². The molecule has 0 radical (unpaired) electrons. The first-order valence-electron chi connectivity index (χ1n) is 8.27. The van der Waals surface area contributed by atoms with E-state index in [1.165, 1.54) is 11.1 Å². The summed E-state index contributed by atoms with van der Waals surface area (Å²) in [6, 6.07) is 0.468. The van der Waals surface area contributed by atoms with Crippen molar-refractivity contribution < 1.29 is 0 Å². The summed E-state index contributed by atoms with van der Waals surface area (Å²) in [6.07, 6.45) is 3.25. The van der Waals surface area contributed by atoms with Gasteiger partial charge in [-0.1, -0.05) is 65.8 Å². The second-order valence-electron chi connectivity index (χ2n) is 9.54. The summed E-state index contributed by atoms with van der Waals surface area (Å²) in [5, 5.41) is 3.76. The highest BCUT2D eigenvalue weighted by Gasteiger charge is 2.24. The predicted molar refractivity (Wildman–Crippen MR) is 97.7 cm³/mol. The highest BCUT2D eigenvalue weighted by atomic mass is 15.0. The maximum atomic E-state index is 4.31. The Balaban J connectivity index is 4.77. The molecular formula is C20H39N.